The third kappa shape index (κ3) is 4.04. The first kappa shape index (κ1) is 25.0. The predicted molar refractivity (Wildman–Crippen MR) is 177 cm³/mol. The van der Waals surface area contributed by atoms with Crippen molar-refractivity contribution in [2.45, 2.75) is 25.7 Å². The normalized spacial score (nSPS) is 13.8. The van der Waals surface area contributed by atoms with E-state index in [1.165, 1.54) is 22.5 Å². The van der Waals surface area contributed by atoms with Crippen LogP contribution in [-0.4, -0.2) is 19.5 Å². The van der Waals surface area contributed by atoms with E-state index in [4.69, 9.17) is 19.4 Å². The molecule has 0 aliphatic heterocycles. The molecule has 3 aromatic heterocycles. The van der Waals surface area contributed by atoms with Gasteiger partial charge >= 0.3 is 0 Å². The van der Waals surface area contributed by atoms with Crippen molar-refractivity contribution in [2.75, 3.05) is 0 Å². The summed E-state index contributed by atoms with van der Waals surface area (Å²) in [5.41, 5.74) is 11.2. The van der Waals surface area contributed by atoms with Crippen LogP contribution < -0.4 is 0 Å². The first-order valence-electron chi connectivity index (χ1n) is 15.2. The second-order valence-electron chi connectivity index (χ2n) is 11.5. The molecule has 0 bridgehead atoms. The van der Waals surface area contributed by atoms with E-state index in [-0.39, 0.29) is 0 Å². The van der Waals surface area contributed by atoms with Gasteiger partial charge in [0.2, 0.25) is 0 Å². The molecular weight excluding hydrogens is 540 g/mol. The van der Waals surface area contributed by atoms with Crippen LogP contribution in [0.1, 0.15) is 35.4 Å². The number of nitrogens with zero attached hydrogens (tertiary/aromatic N) is 4. The van der Waals surface area contributed by atoms with Gasteiger partial charge in [-0.25, -0.2) is 15.0 Å². The Morgan fingerprint density at radius 2 is 1.05 bits per heavy atom. The molecule has 4 aromatic carbocycles. The van der Waals surface area contributed by atoms with Gasteiger partial charge in [-0.3, -0.25) is 0 Å². The molecule has 2 aliphatic rings. The smallest absolute Gasteiger partial charge is 0.164 e. The van der Waals surface area contributed by atoms with Crippen molar-refractivity contribution in [3.05, 3.63) is 132 Å². The molecule has 0 saturated carbocycles. The largest absolute Gasteiger partial charge is 0.456 e. The quantitative estimate of drug-likeness (QED) is 0.212. The molecule has 9 rings (SSSR count). The lowest BCUT2D eigenvalue weighted by atomic mass is 9.94. The zero-order chi connectivity index (χ0) is 29.0. The number of aromatic nitrogens is 4. The van der Waals surface area contributed by atoms with Crippen LogP contribution in [0.2, 0.25) is 0 Å². The van der Waals surface area contributed by atoms with E-state index < -0.39 is 0 Å². The summed E-state index contributed by atoms with van der Waals surface area (Å²) in [6.07, 6.45) is 13.6. The van der Waals surface area contributed by atoms with Crippen LogP contribution in [0.15, 0.2) is 114 Å². The summed E-state index contributed by atoms with van der Waals surface area (Å²) in [5, 5.41) is 2.18. The first-order chi connectivity index (χ1) is 21.8. The zero-order valence-corrected chi connectivity index (χ0v) is 24.1. The Morgan fingerprint density at radius 1 is 0.523 bits per heavy atom. The molecule has 0 amide bonds. The van der Waals surface area contributed by atoms with Crippen molar-refractivity contribution >= 4 is 34.1 Å². The lowest BCUT2D eigenvalue weighted by Crippen LogP contribution is -2.02. The summed E-state index contributed by atoms with van der Waals surface area (Å²) in [5.74, 6) is 1.90. The average Bonchev–Trinajstić information content (AvgIpc) is 3.63. The Balaban J connectivity index is 1.17. The average molecular weight is 569 g/mol. The maximum Gasteiger partial charge on any atom is 0.164 e. The monoisotopic (exact) mass is 568 g/mol. The minimum Gasteiger partial charge on any atom is -0.456 e. The van der Waals surface area contributed by atoms with Gasteiger partial charge in [0.1, 0.15) is 11.2 Å². The van der Waals surface area contributed by atoms with E-state index in [2.05, 4.69) is 65.3 Å². The highest BCUT2D eigenvalue weighted by atomic mass is 16.3. The van der Waals surface area contributed by atoms with E-state index >= 15 is 0 Å². The maximum absolute atomic E-state index is 6.55. The Morgan fingerprint density at radius 3 is 1.64 bits per heavy atom. The molecule has 0 N–H and O–H groups in total. The molecule has 2 aliphatic carbocycles. The van der Waals surface area contributed by atoms with Crippen molar-refractivity contribution in [1.82, 2.24) is 19.5 Å². The minimum absolute atomic E-state index is 0.616. The molecule has 0 radical (unpaired) electrons. The molecule has 0 spiro atoms. The number of allylic oxidation sites excluding steroid dienone is 2. The van der Waals surface area contributed by atoms with Crippen LogP contribution in [-0.2, 0) is 12.8 Å². The number of rotatable bonds is 4. The molecule has 210 valence electrons. The standard InChI is InChI=1S/C39H28N4O/c1-3-11-25(12-4-1)37-40-38(26-13-5-2-6-14-26)42-39(41-37)27-19-21-31-32-22-20-28(24-36(32)44-35(31)23-27)43-33-17-9-7-15-29(33)30-16-8-10-18-34(30)43/h1-6,9-14,17-24H,7-8,15-16H2. The van der Waals surface area contributed by atoms with E-state index in [1.807, 2.05) is 60.7 Å². The molecule has 5 heteroatoms. The van der Waals surface area contributed by atoms with E-state index in [0.717, 1.165) is 70.0 Å². The highest BCUT2D eigenvalue weighted by Crippen LogP contribution is 2.38. The second-order valence-corrected chi connectivity index (χ2v) is 11.5. The number of hydrogen-bond donors (Lipinski definition) is 0. The summed E-state index contributed by atoms with van der Waals surface area (Å²) in [4.78, 5) is 14.7. The van der Waals surface area contributed by atoms with Gasteiger partial charge in [0.25, 0.3) is 0 Å². The SMILES string of the molecule is C1=Cc2c(c3c(n2-c2ccc4c(c2)oc2cc(-c5nc(-c6ccccc6)nc(-c6ccccc6)n5)ccc24)C=CCC3)CC1. The third-order valence-electron chi connectivity index (χ3n) is 8.81. The van der Waals surface area contributed by atoms with Crippen LogP contribution in [0.3, 0.4) is 0 Å². The van der Waals surface area contributed by atoms with Crippen LogP contribution in [0.4, 0.5) is 0 Å². The molecular formula is C39H28N4O. The lowest BCUT2D eigenvalue weighted by molar-refractivity contribution is 0.668. The Hall–Kier alpha value is -5.55. The summed E-state index contributed by atoms with van der Waals surface area (Å²) in [6, 6.07) is 33.0. The highest BCUT2D eigenvalue weighted by molar-refractivity contribution is 6.06. The van der Waals surface area contributed by atoms with E-state index in [0.29, 0.717) is 17.5 Å². The van der Waals surface area contributed by atoms with E-state index in [1.54, 1.807) is 0 Å². The number of fused-ring (bicyclic) bond motifs is 6. The molecule has 5 nitrogen and oxygen atoms in total. The van der Waals surface area contributed by atoms with Gasteiger partial charge in [0.15, 0.2) is 17.5 Å². The summed E-state index contributed by atoms with van der Waals surface area (Å²) in [7, 11) is 0. The fourth-order valence-electron chi connectivity index (χ4n) is 6.72. The van der Waals surface area contributed by atoms with Crippen molar-refractivity contribution in [2.24, 2.45) is 0 Å². The molecule has 0 atom stereocenters. The fourth-order valence-corrected chi connectivity index (χ4v) is 6.72. The molecule has 3 heterocycles. The summed E-state index contributed by atoms with van der Waals surface area (Å²) < 4.78 is 8.96. The van der Waals surface area contributed by atoms with Gasteiger partial charge < -0.3 is 8.98 Å². The zero-order valence-electron chi connectivity index (χ0n) is 24.1. The molecule has 7 aromatic rings. The highest BCUT2D eigenvalue weighted by Gasteiger charge is 2.24. The summed E-state index contributed by atoms with van der Waals surface area (Å²) in [6.45, 7) is 0. The third-order valence-corrected chi connectivity index (χ3v) is 8.81. The first-order valence-corrected chi connectivity index (χ1v) is 15.2. The maximum atomic E-state index is 6.55. The van der Waals surface area contributed by atoms with Crippen molar-refractivity contribution in [3.8, 4) is 39.9 Å². The molecule has 0 saturated heterocycles. The Bertz CT molecular complexity index is 2180. The number of hydrogen-bond acceptors (Lipinski definition) is 4. The van der Waals surface area contributed by atoms with Crippen LogP contribution in [0, 0.1) is 0 Å². The number of benzene rings is 4. The van der Waals surface area contributed by atoms with Crippen LogP contribution >= 0.6 is 0 Å². The van der Waals surface area contributed by atoms with Gasteiger partial charge in [-0.1, -0.05) is 78.9 Å². The van der Waals surface area contributed by atoms with Gasteiger partial charge in [0, 0.05) is 50.6 Å². The van der Waals surface area contributed by atoms with E-state index in [9.17, 15) is 0 Å². The van der Waals surface area contributed by atoms with Gasteiger partial charge in [-0.15, -0.1) is 0 Å². The molecule has 0 unspecified atom stereocenters. The van der Waals surface area contributed by atoms with Crippen molar-refractivity contribution in [1.29, 1.82) is 0 Å². The topological polar surface area (TPSA) is 56.7 Å². The van der Waals surface area contributed by atoms with Crippen molar-refractivity contribution in [3.63, 3.8) is 0 Å². The van der Waals surface area contributed by atoms with Gasteiger partial charge in [0.05, 0.1) is 0 Å². The summed E-state index contributed by atoms with van der Waals surface area (Å²) >= 11 is 0. The molecule has 0 fully saturated rings. The Kier molecular flexibility index (Phi) is 5.69. The van der Waals surface area contributed by atoms with Gasteiger partial charge in [-0.05, 0) is 73.2 Å². The lowest BCUT2D eigenvalue weighted by Gasteiger charge is -2.13. The van der Waals surface area contributed by atoms with Gasteiger partial charge in [-0.2, -0.15) is 0 Å². The number of furan rings is 1. The van der Waals surface area contributed by atoms with Crippen LogP contribution in [0.5, 0.6) is 0 Å². The van der Waals surface area contributed by atoms with Crippen LogP contribution in [0.25, 0.3) is 73.9 Å². The predicted octanol–water partition coefficient (Wildman–Crippen LogP) is 9.48. The minimum atomic E-state index is 0.616. The Labute approximate surface area is 254 Å². The molecule has 44 heavy (non-hydrogen) atoms. The fraction of sp³-hybridized carbons (Fsp3) is 0.103. The van der Waals surface area contributed by atoms with Crippen molar-refractivity contribution < 1.29 is 4.42 Å². The second kappa shape index (κ2) is 10.0.